The molecule has 0 spiro atoms. The third-order valence-electron chi connectivity index (χ3n) is 5.44. The first-order valence-corrected chi connectivity index (χ1v) is 8.32. The number of carbonyl (C=O) groups excluding carboxylic acids is 1. The van der Waals surface area contributed by atoms with Crippen LogP contribution in [0.5, 0.6) is 0 Å². The molecular weight excluding hydrogens is 264 g/mol. The van der Waals surface area contributed by atoms with Crippen LogP contribution in [0.25, 0.3) is 0 Å². The van der Waals surface area contributed by atoms with Gasteiger partial charge < -0.3 is 10.1 Å². The van der Waals surface area contributed by atoms with E-state index < -0.39 is 0 Å². The number of likely N-dealkylation sites (tertiary alicyclic amines) is 1. The van der Waals surface area contributed by atoms with Gasteiger partial charge in [-0.15, -0.1) is 0 Å². The van der Waals surface area contributed by atoms with E-state index in [2.05, 4.69) is 25.9 Å². The number of nitrogens with zero attached hydrogens (tertiary/aromatic N) is 2. The van der Waals surface area contributed by atoms with Crippen LogP contribution in [0.1, 0.15) is 59.8 Å². The normalized spacial score (nSPS) is 33.2. The van der Waals surface area contributed by atoms with Crippen molar-refractivity contribution in [1.29, 1.82) is 0 Å². The Morgan fingerprint density at radius 1 is 1.24 bits per heavy atom. The molecule has 1 saturated heterocycles. The quantitative estimate of drug-likeness (QED) is 0.594. The van der Waals surface area contributed by atoms with E-state index in [1.165, 1.54) is 12.8 Å². The molecule has 1 unspecified atom stereocenters. The first kappa shape index (κ1) is 16.3. The second kappa shape index (κ2) is 6.37. The van der Waals surface area contributed by atoms with Crippen LogP contribution in [0.4, 0.5) is 0 Å². The van der Waals surface area contributed by atoms with Crippen LogP contribution in [0.2, 0.25) is 0 Å². The highest BCUT2D eigenvalue weighted by Gasteiger charge is 2.35. The lowest BCUT2D eigenvalue weighted by atomic mass is 9.69. The topological polar surface area (TPSA) is 52.9 Å². The third-order valence-corrected chi connectivity index (χ3v) is 5.44. The predicted molar refractivity (Wildman–Crippen MR) is 84.5 cm³/mol. The molecule has 1 N–H and O–H groups in total. The number of piperidine rings is 1. The van der Waals surface area contributed by atoms with Gasteiger partial charge in [-0.3, -0.25) is 4.79 Å². The van der Waals surface area contributed by atoms with Gasteiger partial charge in [0.05, 0.1) is 5.71 Å². The van der Waals surface area contributed by atoms with Crippen molar-refractivity contribution in [2.75, 3.05) is 13.1 Å². The van der Waals surface area contributed by atoms with E-state index in [1.807, 2.05) is 11.8 Å². The summed E-state index contributed by atoms with van der Waals surface area (Å²) in [7, 11) is 0. The minimum atomic E-state index is 0.179. The maximum absolute atomic E-state index is 12.7. The van der Waals surface area contributed by atoms with Crippen LogP contribution < -0.4 is 0 Å². The summed E-state index contributed by atoms with van der Waals surface area (Å²) in [5, 5.41) is 12.3. The van der Waals surface area contributed by atoms with E-state index in [0.29, 0.717) is 30.8 Å². The lowest BCUT2D eigenvalue weighted by Crippen LogP contribution is -2.46. The Morgan fingerprint density at radius 2 is 1.86 bits per heavy atom. The number of carbonyl (C=O) groups is 1. The van der Waals surface area contributed by atoms with Crippen molar-refractivity contribution in [2.24, 2.45) is 28.3 Å². The molecule has 2 fully saturated rings. The summed E-state index contributed by atoms with van der Waals surface area (Å²) < 4.78 is 0. The highest BCUT2D eigenvalue weighted by molar-refractivity contribution is 5.89. The fourth-order valence-corrected chi connectivity index (χ4v) is 3.84. The van der Waals surface area contributed by atoms with Crippen LogP contribution in [0.15, 0.2) is 5.16 Å². The summed E-state index contributed by atoms with van der Waals surface area (Å²) in [6.45, 7) is 10.4. The number of hydrogen-bond acceptors (Lipinski definition) is 3. The SMILES string of the molecule is CC1CN(C(=O)C2CCC(C(C)(C)C)CC2)CCC1=NO. The highest BCUT2D eigenvalue weighted by Crippen LogP contribution is 2.40. The van der Waals surface area contributed by atoms with Crippen molar-refractivity contribution >= 4 is 11.6 Å². The van der Waals surface area contributed by atoms with Crippen molar-refractivity contribution in [3.8, 4) is 0 Å². The molecule has 1 aliphatic heterocycles. The zero-order chi connectivity index (χ0) is 15.6. The number of rotatable bonds is 1. The summed E-state index contributed by atoms with van der Waals surface area (Å²) >= 11 is 0. The van der Waals surface area contributed by atoms with E-state index in [4.69, 9.17) is 5.21 Å². The smallest absolute Gasteiger partial charge is 0.225 e. The molecule has 0 aromatic rings. The molecule has 4 nitrogen and oxygen atoms in total. The fraction of sp³-hybridized carbons (Fsp3) is 0.882. The van der Waals surface area contributed by atoms with Crippen molar-refractivity contribution < 1.29 is 10.0 Å². The molecule has 0 bridgehead atoms. The zero-order valence-electron chi connectivity index (χ0n) is 13.9. The van der Waals surface area contributed by atoms with E-state index in [1.54, 1.807) is 0 Å². The molecular formula is C17H30N2O2. The second-order valence-electron chi connectivity index (χ2n) is 7.94. The Hall–Kier alpha value is -1.06. The number of hydrogen-bond donors (Lipinski definition) is 1. The third kappa shape index (κ3) is 3.78. The van der Waals surface area contributed by atoms with Crippen LogP contribution in [0.3, 0.4) is 0 Å². The van der Waals surface area contributed by atoms with E-state index in [-0.39, 0.29) is 11.8 Å². The number of oxime groups is 1. The van der Waals surface area contributed by atoms with Crippen molar-refractivity contribution in [3.05, 3.63) is 0 Å². The lowest BCUT2D eigenvalue weighted by molar-refractivity contribution is -0.137. The van der Waals surface area contributed by atoms with Gasteiger partial charge in [-0.2, -0.15) is 0 Å². The molecule has 0 aromatic heterocycles. The summed E-state index contributed by atoms with van der Waals surface area (Å²) in [5.74, 6) is 1.46. The van der Waals surface area contributed by atoms with Crippen LogP contribution >= 0.6 is 0 Å². The molecule has 2 aliphatic rings. The van der Waals surface area contributed by atoms with Gasteiger partial charge in [-0.05, 0) is 37.0 Å². The molecule has 0 aromatic carbocycles. The van der Waals surface area contributed by atoms with Gasteiger partial charge in [0.25, 0.3) is 0 Å². The molecule has 0 radical (unpaired) electrons. The average molecular weight is 294 g/mol. The van der Waals surface area contributed by atoms with Crippen molar-refractivity contribution in [2.45, 2.75) is 59.8 Å². The Labute approximate surface area is 128 Å². The largest absolute Gasteiger partial charge is 0.411 e. The Balaban J connectivity index is 1.88. The molecule has 1 aliphatic carbocycles. The summed E-state index contributed by atoms with van der Waals surface area (Å²) in [6.07, 6.45) is 5.12. The van der Waals surface area contributed by atoms with Gasteiger partial charge in [-0.25, -0.2) is 0 Å². The van der Waals surface area contributed by atoms with Gasteiger partial charge in [0, 0.05) is 31.3 Å². The fourth-order valence-electron chi connectivity index (χ4n) is 3.84. The van der Waals surface area contributed by atoms with E-state index >= 15 is 0 Å². The van der Waals surface area contributed by atoms with E-state index in [0.717, 1.165) is 24.5 Å². The van der Waals surface area contributed by atoms with Gasteiger partial charge in [0.1, 0.15) is 0 Å². The van der Waals surface area contributed by atoms with E-state index in [9.17, 15) is 4.79 Å². The van der Waals surface area contributed by atoms with Gasteiger partial charge in [0.15, 0.2) is 0 Å². The van der Waals surface area contributed by atoms with Crippen LogP contribution in [0, 0.1) is 23.2 Å². The molecule has 2 rings (SSSR count). The minimum absolute atomic E-state index is 0.179. The van der Waals surface area contributed by atoms with Gasteiger partial charge in [-0.1, -0.05) is 32.9 Å². The predicted octanol–water partition coefficient (Wildman–Crippen LogP) is 3.54. The molecule has 1 heterocycles. The van der Waals surface area contributed by atoms with Crippen molar-refractivity contribution in [1.82, 2.24) is 4.90 Å². The first-order chi connectivity index (χ1) is 9.82. The van der Waals surface area contributed by atoms with Crippen LogP contribution in [-0.2, 0) is 4.79 Å². The lowest BCUT2D eigenvalue weighted by Gasteiger charge is -2.39. The standard InChI is InChI=1S/C17H30N2O2/c1-12-11-19(10-9-15(12)18-21)16(20)13-5-7-14(8-6-13)17(2,3)4/h12-14,21H,5-11H2,1-4H3. The molecule has 21 heavy (non-hydrogen) atoms. The number of amides is 1. The van der Waals surface area contributed by atoms with Crippen molar-refractivity contribution in [3.63, 3.8) is 0 Å². The average Bonchev–Trinajstić information content (AvgIpc) is 2.45. The summed E-state index contributed by atoms with van der Waals surface area (Å²) in [4.78, 5) is 14.7. The summed E-state index contributed by atoms with van der Waals surface area (Å²) in [5.41, 5.74) is 1.19. The zero-order valence-corrected chi connectivity index (χ0v) is 13.9. The second-order valence-corrected chi connectivity index (χ2v) is 7.94. The highest BCUT2D eigenvalue weighted by atomic mass is 16.4. The van der Waals surface area contributed by atoms with Gasteiger partial charge in [0.2, 0.25) is 5.91 Å². The molecule has 4 heteroatoms. The summed E-state index contributed by atoms with van der Waals surface area (Å²) in [6, 6.07) is 0. The Morgan fingerprint density at radius 3 is 2.33 bits per heavy atom. The minimum Gasteiger partial charge on any atom is -0.411 e. The Kier molecular flexibility index (Phi) is 4.95. The first-order valence-electron chi connectivity index (χ1n) is 8.32. The Bertz CT molecular complexity index is 404. The molecule has 1 amide bonds. The van der Waals surface area contributed by atoms with Crippen LogP contribution in [-0.4, -0.2) is 34.8 Å². The maximum atomic E-state index is 12.7. The molecule has 120 valence electrons. The van der Waals surface area contributed by atoms with Gasteiger partial charge >= 0.3 is 0 Å². The molecule has 1 atom stereocenters. The monoisotopic (exact) mass is 294 g/mol. The molecule has 1 saturated carbocycles. The maximum Gasteiger partial charge on any atom is 0.225 e.